The van der Waals surface area contributed by atoms with Crippen molar-refractivity contribution in [3.8, 4) is 0 Å². The first kappa shape index (κ1) is 22.7. The molecule has 1 aliphatic heterocycles. The highest BCUT2D eigenvalue weighted by Crippen LogP contribution is 2.30. The number of aromatic nitrogens is 1. The SMILES string of the molecule is CCCCN(C)C(=O)C1CCCN(S(=O)(=O)c2c(C)noc2/C=C/c2cccs2)C1. The number of rotatable bonds is 8. The van der Waals surface area contributed by atoms with Gasteiger partial charge in [0, 0.05) is 31.6 Å². The molecule has 0 aromatic carbocycles. The number of sulfonamides is 1. The van der Waals surface area contributed by atoms with E-state index in [9.17, 15) is 13.2 Å². The van der Waals surface area contributed by atoms with Gasteiger partial charge >= 0.3 is 0 Å². The van der Waals surface area contributed by atoms with Crippen molar-refractivity contribution in [3.05, 3.63) is 33.8 Å². The van der Waals surface area contributed by atoms with Crippen LogP contribution in [0.15, 0.2) is 26.9 Å². The molecule has 1 atom stereocenters. The number of hydrogen-bond donors (Lipinski definition) is 0. The van der Waals surface area contributed by atoms with Crippen LogP contribution in [0.4, 0.5) is 0 Å². The summed E-state index contributed by atoms with van der Waals surface area (Å²) in [7, 11) is -2.03. The van der Waals surface area contributed by atoms with Gasteiger partial charge in [0.2, 0.25) is 15.9 Å². The van der Waals surface area contributed by atoms with Crippen molar-refractivity contribution in [1.29, 1.82) is 0 Å². The van der Waals surface area contributed by atoms with Crippen molar-refractivity contribution < 1.29 is 17.7 Å². The Kier molecular flexibility index (Phi) is 7.49. The van der Waals surface area contributed by atoms with Gasteiger partial charge in [0.25, 0.3) is 0 Å². The molecule has 9 heteroatoms. The molecule has 0 saturated carbocycles. The molecule has 0 radical (unpaired) electrons. The smallest absolute Gasteiger partial charge is 0.248 e. The van der Waals surface area contributed by atoms with Crippen LogP contribution >= 0.6 is 11.3 Å². The second-order valence-electron chi connectivity index (χ2n) is 7.63. The molecule has 1 amide bonds. The van der Waals surface area contributed by atoms with E-state index in [-0.39, 0.29) is 29.0 Å². The number of amides is 1. The minimum absolute atomic E-state index is 0.0169. The van der Waals surface area contributed by atoms with Gasteiger partial charge < -0.3 is 9.42 Å². The second-order valence-corrected chi connectivity index (χ2v) is 10.5. The zero-order chi connectivity index (χ0) is 21.7. The Morgan fingerprint density at radius 3 is 2.93 bits per heavy atom. The number of unbranched alkanes of at least 4 members (excludes halogenated alkanes) is 1. The molecule has 1 fully saturated rings. The van der Waals surface area contributed by atoms with Crippen molar-refractivity contribution in [2.24, 2.45) is 5.92 Å². The number of carbonyl (C=O) groups excluding carboxylic acids is 1. The number of piperidine rings is 1. The van der Waals surface area contributed by atoms with Crippen LogP contribution in [0.5, 0.6) is 0 Å². The maximum Gasteiger partial charge on any atom is 0.248 e. The summed E-state index contributed by atoms with van der Waals surface area (Å²) in [6.45, 7) is 4.99. The van der Waals surface area contributed by atoms with Gasteiger partial charge in [-0.3, -0.25) is 4.79 Å². The van der Waals surface area contributed by atoms with Crippen molar-refractivity contribution in [1.82, 2.24) is 14.4 Å². The fourth-order valence-electron chi connectivity index (χ4n) is 3.65. The summed E-state index contributed by atoms with van der Waals surface area (Å²) in [6.07, 6.45) is 6.77. The Morgan fingerprint density at radius 2 is 2.23 bits per heavy atom. The van der Waals surface area contributed by atoms with Crippen LogP contribution in [0.3, 0.4) is 0 Å². The molecule has 30 heavy (non-hydrogen) atoms. The molecule has 2 aromatic heterocycles. The third kappa shape index (κ3) is 5.01. The summed E-state index contributed by atoms with van der Waals surface area (Å²) in [6, 6.07) is 3.87. The minimum atomic E-state index is -3.82. The predicted octanol–water partition coefficient (Wildman–Crippen LogP) is 3.87. The molecule has 0 N–H and O–H groups in total. The molecule has 1 aliphatic rings. The van der Waals surface area contributed by atoms with Gasteiger partial charge in [-0.05, 0) is 49.8 Å². The van der Waals surface area contributed by atoms with Gasteiger partial charge in [0.1, 0.15) is 5.69 Å². The van der Waals surface area contributed by atoms with Crippen LogP contribution in [-0.4, -0.2) is 55.4 Å². The van der Waals surface area contributed by atoms with Crippen molar-refractivity contribution >= 4 is 39.4 Å². The molecule has 2 aromatic rings. The number of carbonyl (C=O) groups is 1. The molecular weight excluding hydrogens is 422 g/mol. The molecule has 1 unspecified atom stereocenters. The fraction of sp³-hybridized carbons (Fsp3) is 0.524. The van der Waals surface area contributed by atoms with E-state index in [1.807, 2.05) is 23.6 Å². The van der Waals surface area contributed by atoms with E-state index in [1.54, 1.807) is 36.3 Å². The summed E-state index contributed by atoms with van der Waals surface area (Å²) in [5, 5.41) is 5.84. The van der Waals surface area contributed by atoms with Crippen LogP contribution in [0.1, 0.15) is 48.9 Å². The zero-order valence-electron chi connectivity index (χ0n) is 17.7. The normalized spacial score (nSPS) is 18.2. The average Bonchev–Trinajstić information content (AvgIpc) is 3.39. The van der Waals surface area contributed by atoms with Crippen LogP contribution in [0.2, 0.25) is 0 Å². The van der Waals surface area contributed by atoms with E-state index in [0.717, 1.165) is 17.7 Å². The van der Waals surface area contributed by atoms with Gasteiger partial charge in [-0.15, -0.1) is 11.3 Å². The third-order valence-corrected chi connectivity index (χ3v) is 8.19. The zero-order valence-corrected chi connectivity index (χ0v) is 19.3. The largest absolute Gasteiger partial charge is 0.355 e. The van der Waals surface area contributed by atoms with E-state index < -0.39 is 10.0 Å². The van der Waals surface area contributed by atoms with Crippen LogP contribution < -0.4 is 0 Å². The van der Waals surface area contributed by atoms with E-state index in [1.165, 1.54) is 4.31 Å². The van der Waals surface area contributed by atoms with E-state index in [0.29, 0.717) is 31.6 Å². The Morgan fingerprint density at radius 1 is 1.43 bits per heavy atom. The molecule has 164 valence electrons. The molecule has 1 saturated heterocycles. The highest BCUT2D eigenvalue weighted by Gasteiger charge is 2.37. The molecule has 0 spiro atoms. The van der Waals surface area contributed by atoms with E-state index in [4.69, 9.17) is 4.52 Å². The first-order valence-electron chi connectivity index (χ1n) is 10.3. The van der Waals surface area contributed by atoms with Gasteiger partial charge in [-0.25, -0.2) is 8.42 Å². The Bertz CT molecular complexity index is 980. The number of aryl methyl sites for hydroxylation is 1. The molecular formula is C21H29N3O4S2. The average molecular weight is 452 g/mol. The second kappa shape index (κ2) is 9.89. The lowest BCUT2D eigenvalue weighted by Gasteiger charge is -2.33. The first-order chi connectivity index (χ1) is 14.3. The highest BCUT2D eigenvalue weighted by atomic mass is 32.2. The maximum absolute atomic E-state index is 13.4. The lowest BCUT2D eigenvalue weighted by molar-refractivity contribution is -0.135. The van der Waals surface area contributed by atoms with Gasteiger partial charge in [0.05, 0.1) is 5.92 Å². The topological polar surface area (TPSA) is 83.7 Å². The quantitative estimate of drug-likeness (QED) is 0.608. The van der Waals surface area contributed by atoms with E-state index in [2.05, 4.69) is 12.1 Å². The molecule has 0 bridgehead atoms. The molecule has 0 aliphatic carbocycles. The van der Waals surface area contributed by atoms with Crippen molar-refractivity contribution in [2.75, 3.05) is 26.7 Å². The minimum Gasteiger partial charge on any atom is -0.355 e. The molecule has 3 rings (SSSR count). The lowest BCUT2D eigenvalue weighted by atomic mass is 9.98. The monoisotopic (exact) mass is 451 g/mol. The van der Waals surface area contributed by atoms with Crippen molar-refractivity contribution in [2.45, 2.75) is 44.4 Å². The summed E-state index contributed by atoms with van der Waals surface area (Å²) < 4.78 is 33.6. The highest BCUT2D eigenvalue weighted by molar-refractivity contribution is 7.89. The standard InChI is InChI=1S/C21H29N3O4S2/c1-4-5-12-23(3)21(25)17-8-6-13-24(15-17)30(26,27)20-16(2)22-28-19(20)11-10-18-9-7-14-29-18/h7,9-11,14,17H,4-6,8,12-13,15H2,1-3H3/b11-10+. The number of hydrogen-bond acceptors (Lipinski definition) is 6. The van der Waals surface area contributed by atoms with E-state index >= 15 is 0 Å². The third-order valence-electron chi connectivity index (χ3n) is 5.33. The number of thiophene rings is 1. The number of nitrogens with zero attached hydrogens (tertiary/aromatic N) is 3. The fourth-order valence-corrected chi connectivity index (χ4v) is 6.04. The van der Waals surface area contributed by atoms with Crippen LogP contribution in [0.25, 0.3) is 12.2 Å². The first-order valence-corrected chi connectivity index (χ1v) is 12.6. The molecule has 3 heterocycles. The van der Waals surface area contributed by atoms with Crippen molar-refractivity contribution in [3.63, 3.8) is 0 Å². The maximum atomic E-state index is 13.4. The Balaban J connectivity index is 1.80. The predicted molar refractivity (Wildman–Crippen MR) is 119 cm³/mol. The Hall–Kier alpha value is -1.97. The molecule has 7 nitrogen and oxygen atoms in total. The van der Waals surface area contributed by atoms with Gasteiger partial charge in [-0.1, -0.05) is 24.6 Å². The van der Waals surface area contributed by atoms with Crippen LogP contribution in [-0.2, 0) is 14.8 Å². The Labute approximate surface area is 182 Å². The lowest BCUT2D eigenvalue weighted by Crippen LogP contribution is -2.46. The summed E-state index contributed by atoms with van der Waals surface area (Å²) in [5.74, 6) is -0.0849. The van der Waals surface area contributed by atoms with Gasteiger partial charge in [-0.2, -0.15) is 4.31 Å². The van der Waals surface area contributed by atoms with Gasteiger partial charge in [0.15, 0.2) is 10.7 Å². The summed E-state index contributed by atoms with van der Waals surface area (Å²) in [5.41, 5.74) is 0.328. The van der Waals surface area contributed by atoms with Crippen LogP contribution in [0, 0.1) is 12.8 Å². The summed E-state index contributed by atoms with van der Waals surface area (Å²) in [4.78, 5) is 15.6. The summed E-state index contributed by atoms with van der Waals surface area (Å²) >= 11 is 1.55.